The summed E-state index contributed by atoms with van der Waals surface area (Å²) in [5, 5.41) is 19.1. The van der Waals surface area contributed by atoms with Crippen molar-refractivity contribution < 1.29 is 24.0 Å². The number of anilines is 1. The Labute approximate surface area is 191 Å². The quantitative estimate of drug-likeness (QED) is 0.189. The van der Waals surface area contributed by atoms with E-state index in [1.165, 1.54) is 31.4 Å². The summed E-state index contributed by atoms with van der Waals surface area (Å²) in [5.74, 6) is -0.613. The van der Waals surface area contributed by atoms with Crippen LogP contribution in [0.5, 0.6) is 0 Å². The number of aromatic nitrogens is 1. The second-order valence-corrected chi connectivity index (χ2v) is 7.27. The number of benzene rings is 1. The van der Waals surface area contributed by atoms with Gasteiger partial charge in [-0.2, -0.15) is 0 Å². The fourth-order valence-corrected chi connectivity index (χ4v) is 2.94. The first-order chi connectivity index (χ1) is 15.8. The molecule has 0 bridgehead atoms. The van der Waals surface area contributed by atoms with E-state index in [1.54, 1.807) is 6.20 Å². The Morgan fingerprint density at radius 3 is 2.52 bits per heavy atom. The lowest BCUT2D eigenvalue weighted by Crippen LogP contribution is -2.39. The maximum Gasteiger partial charge on any atom is 0.307 e. The molecule has 0 saturated carbocycles. The zero-order chi connectivity index (χ0) is 24.2. The first kappa shape index (κ1) is 25.2. The van der Waals surface area contributed by atoms with Gasteiger partial charge in [-0.1, -0.05) is 12.1 Å². The molecule has 2 aromatic rings. The number of amides is 2. The van der Waals surface area contributed by atoms with Gasteiger partial charge in [0.15, 0.2) is 0 Å². The number of ether oxygens (including phenoxy) is 1. The van der Waals surface area contributed by atoms with E-state index in [1.807, 2.05) is 19.1 Å². The molecule has 0 radical (unpaired) electrons. The van der Waals surface area contributed by atoms with Gasteiger partial charge in [0.2, 0.25) is 11.8 Å². The van der Waals surface area contributed by atoms with Crippen molar-refractivity contribution in [2.45, 2.75) is 32.2 Å². The van der Waals surface area contributed by atoms with Gasteiger partial charge in [-0.15, -0.1) is 0 Å². The van der Waals surface area contributed by atoms with Gasteiger partial charge in [-0.3, -0.25) is 24.5 Å². The Morgan fingerprint density at radius 2 is 1.88 bits per heavy atom. The van der Waals surface area contributed by atoms with Gasteiger partial charge in [0.05, 0.1) is 31.0 Å². The Kier molecular flexibility index (Phi) is 9.75. The van der Waals surface area contributed by atoms with E-state index < -0.39 is 22.8 Å². The first-order valence-electron chi connectivity index (χ1n) is 10.3. The van der Waals surface area contributed by atoms with E-state index in [9.17, 15) is 24.5 Å². The summed E-state index contributed by atoms with van der Waals surface area (Å²) in [7, 11) is 1.22. The van der Waals surface area contributed by atoms with Gasteiger partial charge < -0.3 is 20.7 Å². The van der Waals surface area contributed by atoms with Crippen molar-refractivity contribution >= 4 is 29.3 Å². The van der Waals surface area contributed by atoms with Gasteiger partial charge in [-0.25, -0.2) is 4.98 Å². The summed E-state index contributed by atoms with van der Waals surface area (Å²) >= 11 is 0. The highest BCUT2D eigenvalue weighted by Crippen LogP contribution is 2.21. The number of esters is 1. The highest BCUT2D eigenvalue weighted by atomic mass is 16.6. The predicted octanol–water partition coefficient (Wildman–Crippen LogP) is 2.03. The highest BCUT2D eigenvalue weighted by Gasteiger charge is 2.20. The fraction of sp³-hybridized carbons (Fsp3) is 0.364. The molecule has 176 valence electrons. The molecule has 1 unspecified atom stereocenters. The molecule has 1 atom stereocenters. The van der Waals surface area contributed by atoms with Gasteiger partial charge in [0, 0.05) is 31.3 Å². The van der Waals surface area contributed by atoms with Crippen LogP contribution in [0, 0.1) is 17.0 Å². The van der Waals surface area contributed by atoms with E-state index in [0.717, 1.165) is 11.4 Å². The zero-order valence-electron chi connectivity index (χ0n) is 18.5. The number of nitrogens with one attached hydrogen (secondary N) is 3. The molecule has 0 aliphatic rings. The molecule has 11 heteroatoms. The fourth-order valence-electron chi connectivity index (χ4n) is 2.94. The van der Waals surface area contributed by atoms with Crippen molar-refractivity contribution in [1.82, 2.24) is 15.6 Å². The molecule has 33 heavy (non-hydrogen) atoms. The van der Waals surface area contributed by atoms with E-state index in [4.69, 9.17) is 0 Å². The molecule has 3 N–H and O–H groups in total. The molecule has 0 spiro atoms. The number of nitro benzene ring substituents is 1. The molecule has 0 aliphatic carbocycles. The number of pyridine rings is 1. The Bertz CT molecular complexity index is 979. The average molecular weight is 457 g/mol. The third kappa shape index (κ3) is 8.93. The van der Waals surface area contributed by atoms with E-state index in [-0.39, 0.29) is 31.0 Å². The standard InChI is InChI=1S/C22H27N5O6/c1-15-9-11-24-19(12-15)23-10-3-4-20(28)25-14-21(29)26-18(13-22(30)33-2)16-5-7-17(8-6-16)27(31)32/h5-9,11-12,18H,3-4,10,13-14H2,1-2H3,(H,23,24)(H,25,28)(H,26,29). The number of hydrogen-bond donors (Lipinski definition) is 3. The molecule has 11 nitrogen and oxygen atoms in total. The van der Waals surface area contributed by atoms with Gasteiger partial charge in [0.1, 0.15) is 5.82 Å². The van der Waals surface area contributed by atoms with Crippen LogP contribution in [0.4, 0.5) is 11.5 Å². The van der Waals surface area contributed by atoms with Crippen LogP contribution in [0.15, 0.2) is 42.6 Å². The monoisotopic (exact) mass is 457 g/mol. The minimum atomic E-state index is -0.756. The van der Waals surface area contributed by atoms with Crippen molar-refractivity contribution in [2.75, 3.05) is 25.5 Å². The number of carbonyl (C=O) groups excluding carboxylic acids is 3. The predicted molar refractivity (Wildman–Crippen MR) is 120 cm³/mol. The van der Waals surface area contributed by atoms with Crippen molar-refractivity contribution in [2.24, 2.45) is 0 Å². The zero-order valence-corrected chi connectivity index (χ0v) is 18.5. The van der Waals surface area contributed by atoms with Crippen LogP contribution in [0.2, 0.25) is 0 Å². The second-order valence-electron chi connectivity index (χ2n) is 7.27. The van der Waals surface area contributed by atoms with Crippen molar-refractivity contribution in [3.8, 4) is 0 Å². The molecular formula is C22H27N5O6. The number of carbonyl (C=O) groups is 3. The minimum Gasteiger partial charge on any atom is -0.469 e. The van der Waals surface area contributed by atoms with Gasteiger partial charge in [-0.05, 0) is 36.6 Å². The lowest BCUT2D eigenvalue weighted by atomic mass is 10.0. The molecule has 1 aromatic carbocycles. The van der Waals surface area contributed by atoms with Crippen LogP contribution in [0.1, 0.15) is 36.4 Å². The van der Waals surface area contributed by atoms with E-state index >= 15 is 0 Å². The van der Waals surface area contributed by atoms with Crippen LogP contribution < -0.4 is 16.0 Å². The summed E-state index contributed by atoms with van der Waals surface area (Å²) < 4.78 is 4.66. The number of aryl methyl sites for hydroxylation is 1. The summed E-state index contributed by atoms with van der Waals surface area (Å²) in [6, 6.07) is 8.53. The second kappa shape index (κ2) is 12.7. The molecule has 0 saturated heterocycles. The van der Waals surface area contributed by atoms with Crippen molar-refractivity contribution in [1.29, 1.82) is 0 Å². The lowest BCUT2D eigenvalue weighted by Gasteiger charge is -2.18. The summed E-state index contributed by atoms with van der Waals surface area (Å²) in [6.07, 6.45) is 2.32. The van der Waals surface area contributed by atoms with Gasteiger partial charge >= 0.3 is 5.97 Å². The number of non-ortho nitro benzene ring substituents is 1. The molecule has 2 amide bonds. The van der Waals surface area contributed by atoms with Crippen LogP contribution in [0.25, 0.3) is 0 Å². The minimum absolute atomic E-state index is 0.109. The Balaban J connectivity index is 1.80. The largest absolute Gasteiger partial charge is 0.469 e. The number of hydrogen-bond acceptors (Lipinski definition) is 8. The first-order valence-corrected chi connectivity index (χ1v) is 10.3. The molecule has 1 aromatic heterocycles. The number of methoxy groups -OCH3 is 1. The van der Waals surface area contributed by atoms with Crippen LogP contribution in [0.3, 0.4) is 0 Å². The van der Waals surface area contributed by atoms with Gasteiger partial charge in [0.25, 0.3) is 5.69 Å². The molecular weight excluding hydrogens is 430 g/mol. The van der Waals surface area contributed by atoms with Crippen LogP contribution in [-0.2, 0) is 19.1 Å². The molecule has 2 rings (SSSR count). The number of nitro groups is 1. The summed E-state index contributed by atoms with van der Waals surface area (Å²) in [6.45, 7) is 2.25. The number of nitrogens with zero attached hydrogens (tertiary/aromatic N) is 2. The van der Waals surface area contributed by atoms with Crippen molar-refractivity contribution in [3.05, 3.63) is 63.8 Å². The SMILES string of the molecule is COC(=O)CC(NC(=O)CNC(=O)CCCNc1cc(C)ccn1)c1ccc([N+](=O)[O-])cc1. The average Bonchev–Trinajstić information content (AvgIpc) is 2.80. The summed E-state index contributed by atoms with van der Waals surface area (Å²) in [4.78, 5) is 50.5. The van der Waals surface area contributed by atoms with Crippen LogP contribution >= 0.6 is 0 Å². The number of rotatable bonds is 12. The summed E-state index contributed by atoms with van der Waals surface area (Å²) in [5.41, 5.74) is 1.47. The van der Waals surface area contributed by atoms with E-state index in [0.29, 0.717) is 18.5 Å². The highest BCUT2D eigenvalue weighted by molar-refractivity contribution is 5.85. The maximum atomic E-state index is 12.3. The van der Waals surface area contributed by atoms with Crippen LogP contribution in [-0.4, -0.2) is 47.9 Å². The normalized spacial score (nSPS) is 11.2. The third-order valence-electron chi connectivity index (χ3n) is 4.69. The smallest absolute Gasteiger partial charge is 0.307 e. The Morgan fingerprint density at radius 1 is 1.15 bits per heavy atom. The molecule has 0 aliphatic heterocycles. The van der Waals surface area contributed by atoms with E-state index in [2.05, 4.69) is 25.7 Å². The maximum absolute atomic E-state index is 12.3. The Hall–Kier alpha value is -4.02. The van der Waals surface area contributed by atoms with Crippen molar-refractivity contribution in [3.63, 3.8) is 0 Å². The lowest BCUT2D eigenvalue weighted by molar-refractivity contribution is -0.384. The third-order valence-corrected chi connectivity index (χ3v) is 4.69. The molecule has 0 fully saturated rings. The topological polar surface area (TPSA) is 153 Å². The molecule has 1 heterocycles.